The molecule has 0 aliphatic heterocycles. The van der Waals surface area contributed by atoms with Crippen LogP contribution in [0.4, 0.5) is 4.79 Å². The number of urea groups is 1. The number of aryl methyl sites for hydroxylation is 1. The first-order valence-electron chi connectivity index (χ1n) is 7.63. The van der Waals surface area contributed by atoms with Crippen molar-refractivity contribution < 1.29 is 14.7 Å². The largest absolute Gasteiger partial charge is 0.481 e. The van der Waals surface area contributed by atoms with Crippen LogP contribution in [0.25, 0.3) is 0 Å². The summed E-state index contributed by atoms with van der Waals surface area (Å²) in [4.78, 5) is 24.7. The van der Waals surface area contributed by atoms with Gasteiger partial charge >= 0.3 is 12.0 Å². The molecule has 1 aliphatic rings. The summed E-state index contributed by atoms with van der Waals surface area (Å²) in [5.41, 5.74) is 3.64. The van der Waals surface area contributed by atoms with Crippen LogP contribution < -0.4 is 5.32 Å². The van der Waals surface area contributed by atoms with Crippen molar-refractivity contribution in [2.75, 3.05) is 13.6 Å². The molecule has 0 saturated heterocycles. The van der Waals surface area contributed by atoms with E-state index in [-0.39, 0.29) is 18.6 Å². The van der Waals surface area contributed by atoms with E-state index in [1.54, 1.807) is 14.0 Å². The number of carboxylic acids is 1. The van der Waals surface area contributed by atoms with Crippen LogP contribution in [0, 0.1) is 18.8 Å². The summed E-state index contributed by atoms with van der Waals surface area (Å²) in [5, 5.41) is 12.0. The maximum absolute atomic E-state index is 12.3. The van der Waals surface area contributed by atoms with Gasteiger partial charge in [-0.15, -0.1) is 0 Å². The van der Waals surface area contributed by atoms with Crippen LogP contribution in [0.1, 0.15) is 36.6 Å². The van der Waals surface area contributed by atoms with Gasteiger partial charge in [-0.2, -0.15) is 0 Å². The Balaban J connectivity index is 2.06. The molecule has 0 spiro atoms. The van der Waals surface area contributed by atoms with Gasteiger partial charge in [0, 0.05) is 13.6 Å². The molecular weight excluding hydrogens is 280 g/mol. The summed E-state index contributed by atoms with van der Waals surface area (Å²) in [6.07, 6.45) is 0.954. The predicted octanol–water partition coefficient (Wildman–Crippen LogP) is 2.59. The third-order valence-corrected chi connectivity index (χ3v) is 4.34. The first-order chi connectivity index (χ1) is 10.3. The molecule has 0 saturated carbocycles. The molecule has 22 heavy (non-hydrogen) atoms. The number of rotatable bonds is 4. The van der Waals surface area contributed by atoms with Crippen LogP contribution in [0.2, 0.25) is 0 Å². The number of nitrogens with one attached hydrogen (secondary N) is 1. The molecule has 3 unspecified atom stereocenters. The molecule has 0 aromatic heterocycles. The second-order valence-electron chi connectivity index (χ2n) is 6.43. The van der Waals surface area contributed by atoms with Crippen molar-refractivity contribution in [3.8, 4) is 0 Å². The highest BCUT2D eigenvalue weighted by Gasteiger charge is 2.31. The van der Waals surface area contributed by atoms with E-state index in [4.69, 9.17) is 5.11 Å². The number of carboxylic acid groups (broad SMARTS) is 1. The summed E-state index contributed by atoms with van der Waals surface area (Å²) in [6, 6.07) is 6.12. The van der Waals surface area contributed by atoms with E-state index in [0.717, 1.165) is 6.42 Å². The number of hydrogen-bond donors (Lipinski definition) is 2. The highest BCUT2D eigenvalue weighted by Crippen LogP contribution is 2.36. The highest BCUT2D eigenvalue weighted by molar-refractivity contribution is 5.76. The van der Waals surface area contributed by atoms with Crippen molar-refractivity contribution in [1.29, 1.82) is 0 Å². The van der Waals surface area contributed by atoms with Crippen LogP contribution in [0.5, 0.6) is 0 Å². The smallest absolute Gasteiger partial charge is 0.317 e. The standard InChI is InChI=1S/C17H24N2O3/c1-10-5-6-13-8-11(2)15(14(13)7-10)18-17(22)19(4)9-12(3)16(20)21/h5-7,11-12,15H,8-9H2,1-4H3,(H,18,22)(H,20,21). The fourth-order valence-electron chi connectivity index (χ4n) is 3.00. The van der Waals surface area contributed by atoms with Gasteiger partial charge < -0.3 is 15.3 Å². The van der Waals surface area contributed by atoms with E-state index in [1.165, 1.54) is 21.6 Å². The number of benzene rings is 1. The van der Waals surface area contributed by atoms with Crippen molar-refractivity contribution in [2.45, 2.75) is 33.2 Å². The molecule has 2 rings (SSSR count). The first-order valence-corrected chi connectivity index (χ1v) is 7.63. The van der Waals surface area contributed by atoms with Crippen molar-refractivity contribution in [3.05, 3.63) is 34.9 Å². The molecule has 1 aliphatic carbocycles. The van der Waals surface area contributed by atoms with Gasteiger partial charge in [-0.25, -0.2) is 4.79 Å². The summed E-state index contributed by atoms with van der Waals surface area (Å²) < 4.78 is 0. The molecule has 120 valence electrons. The van der Waals surface area contributed by atoms with Crippen molar-refractivity contribution in [2.24, 2.45) is 11.8 Å². The van der Waals surface area contributed by atoms with E-state index in [1.807, 2.05) is 6.92 Å². The van der Waals surface area contributed by atoms with Crippen LogP contribution in [-0.4, -0.2) is 35.6 Å². The number of hydrogen-bond acceptors (Lipinski definition) is 2. The lowest BCUT2D eigenvalue weighted by Crippen LogP contribution is -2.43. The maximum Gasteiger partial charge on any atom is 0.317 e. The van der Waals surface area contributed by atoms with Crippen LogP contribution in [0.15, 0.2) is 18.2 Å². The normalized spacial score (nSPS) is 21.1. The van der Waals surface area contributed by atoms with E-state index in [0.29, 0.717) is 5.92 Å². The SMILES string of the molecule is Cc1ccc2c(c1)C(NC(=O)N(C)CC(C)C(=O)O)C(C)C2. The van der Waals surface area contributed by atoms with E-state index < -0.39 is 11.9 Å². The summed E-state index contributed by atoms with van der Waals surface area (Å²) in [5.74, 6) is -1.13. The maximum atomic E-state index is 12.3. The molecule has 5 heteroatoms. The molecule has 0 bridgehead atoms. The Morgan fingerprint density at radius 1 is 1.45 bits per heavy atom. The topological polar surface area (TPSA) is 69.6 Å². The van der Waals surface area contributed by atoms with E-state index in [9.17, 15) is 9.59 Å². The Labute approximate surface area is 131 Å². The van der Waals surface area contributed by atoms with Gasteiger partial charge in [0.1, 0.15) is 0 Å². The zero-order valence-corrected chi connectivity index (χ0v) is 13.6. The minimum Gasteiger partial charge on any atom is -0.481 e. The minimum atomic E-state index is -0.894. The second kappa shape index (κ2) is 6.38. The molecular formula is C17H24N2O3. The monoisotopic (exact) mass is 304 g/mol. The van der Waals surface area contributed by atoms with Gasteiger partial charge in [0.25, 0.3) is 0 Å². The van der Waals surface area contributed by atoms with Crippen molar-refractivity contribution in [1.82, 2.24) is 10.2 Å². The van der Waals surface area contributed by atoms with Crippen LogP contribution in [0.3, 0.4) is 0 Å². The summed E-state index contributed by atoms with van der Waals surface area (Å²) in [7, 11) is 1.63. The van der Waals surface area contributed by atoms with Gasteiger partial charge in [-0.3, -0.25) is 4.79 Å². The zero-order chi connectivity index (χ0) is 16.4. The van der Waals surface area contributed by atoms with E-state index >= 15 is 0 Å². The predicted molar refractivity (Wildman–Crippen MR) is 84.7 cm³/mol. The van der Waals surface area contributed by atoms with Gasteiger partial charge in [-0.1, -0.05) is 37.6 Å². The fourth-order valence-corrected chi connectivity index (χ4v) is 3.00. The molecule has 2 amide bonds. The Hall–Kier alpha value is -2.04. The molecule has 2 N–H and O–H groups in total. The number of carbonyl (C=O) groups excluding carboxylic acids is 1. The van der Waals surface area contributed by atoms with E-state index in [2.05, 4.69) is 30.4 Å². The molecule has 1 aromatic rings. The number of aliphatic carboxylic acids is 1. The lowest BCUT2D eigenvalue weighted by atomic mass is 10.0. The average molecular weight is 304 g/mol. The van der Waals surface area contributed by atoms with Crippen molar-refractivity contribution >= 4 is 12.0 Å². The second-order valence-corrected chi connectivity index (χ2v) is 6.43. The lowest BCUT2D eigenvalue weighted by Gasteiger charge is -2.25. The summed E-state index contributed by atoms with van der Waals surface area (Å²) in [6.45, 7) is 5.97. The number of fused-ring (bicyclic) bond motifs is 1. The molecule has 0 radical (unpaired) electrons. The molecule has 3 atom stereocenters. The number of carbonyl (C=O) groups is 2. The Kier molecular flexibility index (Phi) is 4.74. The van der Waals surface area contributed by atoms with Crippen LogP contribution >= 0.6 is 0 Å². The third-order valence-electron chi connectivity index (χ3n) is 4.34. The third kappa shape index (κ3) is 3.40. The quantitative estimate of drug-likeness (QED) is 0.898. The molecule has 0 heterocycles. The first kappa shape index (κ1) is 16.3. The Morgan fingerprint density at radius 2 is 2.14 bits per heavy atom. The van der Waals surface area contributed by atoms with Gasteiger partial charge in [0.2, 0.25) is 0 Å². The van der Waals surface area contributed by atoms with Crippen LogP contribution in [-0.2, 0) is 11.2 Å². The molecule has 1 aromatic carbocycles. The number of amides is 2. The Morgan fingerprint density at radius 3 is 2.77 bits per heavy atom. The lowest BCUT2D eigenvalue weighted by molar-refractivity contribution is -0.141. The van der Waals surface area contributed by atoms with Crippen molar-refractivity contribution in [3.63, 3.8) is 0 Å². The zero-order valence-electron chi connectivity index (χ0n) is 13.6. The fraction of sp³-hybridized carbons (Fsp3) is 0.529. The van der Waals surface area contributed by atoms with Gasteiger partial charge in [0.05, 0.1) is 12.0 Å². The average Bonchev–Trinajstić information content (AvgIpc) is 2.74. The van der Waals surface area contributed by atoms with Gasteiger partial charge in [0.15, 0.2) is 0 Å². The highest BCUT2D eigenvalue weighted by atomic mass is 16.4. The molecule has 5 nitrogen and oxygen atoms in total. The molecule has 0 fully saturated rings. The number of nitrogens with zero attached hydrogens (tertiary/aromatic N) is 1. The van der Waals surface area contributed by atoms with Gasteiger partial charge in [-0.05, 0) is 30.4 Å². The minimum absolute atomic E-state index is 0.00927. The summed E-state index contributed by atoms with van der Waals surface area (Å²) >= 11 is 0. The Bertz CT molecular complexity index is 585.